The molecule has 1 aromatic carbocycles. The van der Waals surface area contributed by atoms with Crippen molar-refractivity contribution in [3.63, 3.8) is 0 Å². The number of hydroxylamine groups is 1. The predicted molar refractivity (Wildman–Crippen MR) is 106 cm³/mol. The summed E-state index contributed by atoms with van der Waals surface area (Å²) in [5, 5.41) is 19.8. The summed E-state index contributed by atoms with van der Waals surface area (Å²) >= 11 is 0. The second-order valence-corrected chi connectivity index (χ2v) is 5.52. The van der Waals surface area contributed by atoms with Crippen molar-refractivity contribution in [2.75, 3.05) is 12.3 Å². The number of halogens is 2. The number of carbonyl (C=O) groups is 2. The molecule has 27 heavy (non-hydrogen) atoms. The number of carbonyl (C=O) groups excluding carboxylic acids is 2. The highest BCUT2D eigenvalue weighted by atomic mass is 35.5. The monoisotopic (exact) mass is 426 g/mol. The maximum absolute atomic E-state index is 12.0. The van der Waals surface area contributed by atoms with Crippen LogP contribution in [0.25, 0.3) is 0 Å². The molecule has 10 heteroatoms. The van der Waals surface area contributed by atoms with Gasteiger partial charge in [-0.2, -0.15) is 5.48 Å². The maximum atomic E-state index is 12.0. The van der Waals surface area contributed by atoms with Crippen LogP contribution in [0.2, 0.25) is 0 Å². The third-order valence-corrected chi connectivity index (χ3v) is 3.65. The van der Waals surface area contributed by atoms with Crippen molar-refractivity contribution in [2.45, 2.75) is 51.7 Å². The number of ether oxygens (including phenoxy) is 1. The molecule has 0 aliphatic heterocycles. The fourth-order valence-electron chi connectivity index (χ4n) is 2.16. The predicted octanol–water partition coefficient (Wildman–Crippen LogP) is 1.89. The number of esters is 1. The molecule has 0 aliphatic rings. The third kappa shape index (κ3) is 9.67. The Morgan fingerprint density at radius 1 is 1.22 bits per heavy atom. The summed E-state index contributed by atoms with van der Waals surface area (Å²) in [6, 6.07) is 4.76. The van der Waals surface area contributed by atoms with Gasteiger partial charge < -0.3 is 25.5 Å². The van der Waals surface area contributed by atoms with Crippen LogP contribution in [0, 0.1) is 0 Å². The van der Waals surface area contributed by atoms with Gasteiger partial charge in [0.05, 0.1) is 6.54 Å². The Morgan fingerprint density at radius 2 is 1.89 bits per heavy atom. The minimum Gasteiger partial charge on any atom is -0.508 e. The zero-order valence-corrected chi connectivity index (χ0v) is 17.0. The van der Waals surface area contributed by atoms with E-state index in [2.05, 4.69) is 10.3 Å². The van der Waals surface area contributed by atoms with Crippen molar-refractivity contribution in [1.29, 1.82) is 0 Å². The summed E-state index contributed by atoms with van der Waals surface area (Å²) in [5.41, 5.74) is 9.02. The number of anilines is 1. The van der Waals surface area contributed by atoms with Gasteiger partial charge in [0, 0.05) is 24.1 Å². The Labute approximate surface area is 171 Å². The molecular formula is C17H28Cl2N2O6. The Balaban J connectivity index is 0. The van der Waals surface area contributed by atoms with Gasteiger partial charge in [0.25, 0.3) is 0 Å². The first kappa shape index (κ1) is 27.5. The molecule has 2 unspecified atom stereocenters. The molecule has 0 aromatic heterocycles. The van der Waals surface area contributed by atoms with Crippen LogP contribution in [0.4, 0.5) is 5.69 Å². The number of aliphatic hydroxyl groups excluding tert-OH is 1. The smallest absolute Gasteiger partial charge is 0.324 e. The second-order valence-electron chi connectivity index (χ2n) is 5.52. The van der Waals surface area contributed by atoms with E-state index >= 15 is 0 Å². The molecule has 0 saturated heterocycles. The van der Waals surface area contributed by atoms with Gasteiger partial charge in [0.2, 0.25) is 0 Å². The first-order valence-electron chi connectivity index (χ1n) is 8.25. The van der Waals surface area contributed by atoms with Crippen LogP contribution in [0.1, 0.15) is 38.7 Å². The number of hydrogen-bond acceptors (Lipinski definition) is 8. The Bertz CT molecular complexity index is 568. The van der Waals surface area contributed by atoms with Crippen LogP contribution in [0.3, 0.4) is 0 Å². The molecular weight excluding hydrogens is 399 g/mol. The SMILES string of the molecule is CCC(=O)ONCC(O)C(CC)OC(=O)CCc1c(N)cccc1O.Cl.Cl. The van der Waals surface area contributed by atoms with E-state index in [-0.39, 0.29) is 56.4 Å². The topological polar surface area (TPSA) is 131 Å². The summed E-state index contributed by atoms with van der Waals surface area (Å²) in [7, 11) is 0. The standard InChI is InChI=1S/C17H26N2O6.2ClH/c1-3-15(14(21)10-19-25-16(22)4-2)24-17(23)9-8-11-12(18)6-5-7-13(11)20;;/h5-7,14-15,19-21H,3-4,8-10,18H2,1-2H3;2*1H. The minimum atomic E-state index is -1.02. The third-order valence-electron chi connectivity index (χ3n) is 3.65. The van der Waals surface area contributed by atoms with E-state index in [1.807, 2.05) is 0 Å². The molecule has 5 N–H and O–H groups in total. The molecule has 1 aromatic rings. The van der Waals surface area contributed by atoms with E-state index in [1.54, 1.807) is 26.0 Å². The lowest BCUT2D eigenvalue weighted by molar-refractivity contribution is -0.160. The molecule has 0 amide bonds. The van der Waals surface area contributed by atoms with Crippen molar-refractivity contribution in [3.8, 4) is 5.75 Å². The molecule has 0 bridgehead atoms. The van der Waals surface area contributed by atoms with E-state index < -0.39 is 24.1 Å². The zero-order chi connectivity index (χ0) is 18.8. The number of phenols is 1. The van der Waals surface area contributed by atoms with Gasteiger partial charge in [-0.05, 0) is 25.0 Å². The minimum absolute atomic E-state index is 0. The number of rotatable bonds is 10. The number of hydrogen-bond donors (Lipinski definition) is 4. The summed E-state index contributed by atoms with van der Waals surface area (Å²) in [6.45, 7) is 3.36. The Kier molecular flexibility index (Phi) is 14.6. The van der Waals surface area contributed by atoms with Crippen molar-refractivity contribution >= 4 is 42.4 Å². The lowest BCUT2D eigenvalue weighted by Crippen LogP contribution is -2.39. The first-order valence-corrected chi connectivity index (χ1v) is 8.25. The van der Waals surface area contributed by atoms with Gasteiger partial charge in [-0.1, -0.05) is 19.9 Å². The van der Waals surface area contributed by atoms with Crippen LogP contribution in [-0.2, 0) is 25.6 Å². The number of nitrogens with two attached hydrogens (primary N) is 1. The molecule has 2 atom stereocenters. The van der Waals surface area contributed by atoms with Crippen LogP contribution >= 0.6 is 24.8 Å². The van der Waals surface area contributed by atoms with Crippen molar-refractivity contribution in [1.82, 2.24) is 5.48 Å². The number of phenolic OH excluding ortho intramolecular Hbond substituents is 1. The van der Waals surface area contributed by atoms with Crippen molar-refractivity contribution < 1.29 is 29.4 Å². The largest absolute Gasteiger partial charge is 0.508 e. The van der Waals surface area contributed by atoms with Gasteiger partial charge >= 0.3 is 11.9 Å². The fourth-order valence-corrected chi connectivity index (χ4v) is 2.16. The van der Waals surface area contributed by atoms with Crippen molar-refractivity contribution in [2.24, 2.45) is 0 Å². The summed E-state index contributed by atoms with van der Waals surface area (Å²) in [6.07, 6.45) is -0.893. The molecule has 0 aliphatic carbocycles. The highest BCUT2D eigenvalue weighted by Crippen LogP contribution is 2.24. The van der Waals surface area contributed by atoms with Crippen molar-refractivity contribution in [3.05, 3.63) is 23.8 Å². The van der Waals surface area contributed by atoms with E-state index in [1.165, 1.54) is 6.07 Å². The quantitative estimate of drug-likeness (QED) is 0.253. The zero-order valence-electron chi connectivity index (χ0n) is 15.3. The highest BCUT2D eigenvalue weighted by molar-refractivity contribution is 5.85. The lowest BCUT2D eigenvalue weighted by atomic mass is 10.1. The number of nitrogen functional groups attached to an aromatic ring is 1. The first-order chi connectivity index (χ1) is 11.9. The van der Waals surface area contributed by atoms with E-state index in [9.17, 15) is 19.8 Å². The van der Waals surface area contributed by atoms with E-state index in [0.29, 0.717) is 17.7 Å². The summed E-state index contributed by atoms with van der Waals surface area (Å²) < 4.78 is 5.25. The summed E-state index contributed by atoms with van der Waals surface area (Å²) in [4.78, 5) is 27.6. The molecule has 8 nitrogen and oxygen atoms in total. The maximum Gasteiger partial charge on any atom is 0.324 e. The number of benzene rings is 1. The average molecular weight is 427 g/mol. The average Bonchev–Trinajstić information content (AvgIpc) is 2.58. The number of nitrogens with one attached hydrogen (secondary N) is 1. The molecule has 156 valence electrons. The van der Waals surface area contributed by atoms with Gasteiger partial charge in [-0.25, -0.2) is 0 Å². The second kappa shape index (κ2) is 14.3. The molecule has 0 saturated carbocycles. The van der Waals surface area contributed by atoms with Gasteiger partial charge in [0.15, 0.2) is 0 Å². The lowest BCUT2D eigenvalue weighted by Gasteiger charge is -2.22. The van der Waals surface area contributed by atoms with Gasteiger partial charge in [-0.15, -0.1) is 24.8 Å². The van der Waals surface area contributed by atoms with Crippen LogP contribution in [0.5, 0.6) is 5.75 Å². The number of aromatic hydroxyl groups is 1. The van der Waals surface area contributed by atoms with Gasteiger partial charge in [-0.3, -0.25) is 9.59 Å². The molecule has 0 fully saturated rings. The van der Waals surface area contributed by atoms with Crippen LogP contribution < -0.4 is 11.2 Å². The Morgan fingerprint density at radius 3 is 2.44 bits per heavy atom. The fraction of sp³-hybridized carbons (Fsp3) is 0.529. The molecule has 0 radical (unpaired) electrons. The molecule has 1 rings (SSSR count). The highest BCUT2D eigenvalue weighted by Gasteiger charge is 2.22. The Hall–Kier alpha value is -1.74. The van der Waals surface area contributed by atoms with Crippen LogP contribution in [-0.4, -0.2) is 40.9 Å². The normalized spacial score (nSPS) is 12.1. The number of aliphatic hydroxyl groups is 1. The molecule has 0 heterocycles. The summed E-state index contributed by atoms with van der Waals surface area (Å²) in [5.74, 6) is -0.932. The van der Waals surface area contributed by atoms with Crippen LogP contribution in [0.15, 0.2) is 18.2 Å². The van der Waals surface area contributed by atoms with E-state index in [0.717, 1.165) is 0 Å². The molecule has 0 spiro atoms. The van der Waals surface area contributed by atoms with E-state index in [4.69, 9.17) is 10.5 Å². The van der Waals surface area contributed by atoms with Gasteiger partial charge in [0.1, 0.15) is 18.0 Å².